The molecule has 3 N–H and O–H groups in total. The van der Waals surface area contributed by atoms with Gasteiger partial charge in [0.25, 0.3) is 0 Å². The molecule has 1 atom stereocenters. The first-order valence-corrected chi connectivity index (χ1v) is 8.30. The van der Waals surface area contributed by atoms with E-state index >= 15 is 0 Å². The van der Waals surface area contributed by atoms with Gasteiger partial charge < -0.3 is 16.0 Å². The molecule has 128 valence electrons. The summed E-state index contributed by atoms with van der Waals surface area (Å²) in [5.74, 6) is 0.665. The summed E-state index contributed by atoms with van der Waals surface area (Å²) >= 11 is 12.1. The lowest BCUT2D eigenvalue weighted by atomic mass is 10.1. The number of aliphatic imine (C=N–C) groups is 1. The summed E-state index contributed by atoms with van der Waals surface area (Å²) in [5, 5.41) is 10.5. The lowest BCUT2D eigenvalue weighted by Gasteiger charge is -2.19. The third kappa shape index (κ3) is 6.67. The van der Waals surface area contributed by atoms with Gasteiger partial charge in [-0.2, -0.15) is 0 Å². The Morgan fingerprint density at radius 2 is 1.83 bits per heavy atom. The molecule has 5 nitrogen and oxygen atoms in total. The van der Waals surface area contributed by atoms with Crippen molar-refractivity contribution in [2.45, 2.75) is 26.8 Å². The molecule has 0 heterocycles. The molecule has 0 aliphatic carbocycles. The number of amides is 1. The van der Waals surface area contributed by atoms with Crippen molar-refractivity contribution in [1.29, 1.82) is 0 Å². The molecule has 0 saturated carbocycles. The summed E-state index contributed by atoms with van der Waals surface area (Å²) < 4.78 is 0. The standard InChI is InChI=1S/C16H24Cl2N4O/c1-10(2)15(23)20-7-8-21-16(19-4)22-11(3)13-6-5-12(17)9-14(13)18/h5-6,9-11H,7-8H2,1-4H3,(H,20,23)(H2,19,21,22). The number of hydrogen-bond donors (Lipinski definition) is 3. The molecule has 0 aliphatic heterocycles. The van der Waals surface area contributed by atoms with Crippen molar-refractivity contribution in [2.75, 3.05) is 20.1 Å². The average molecular weight is 359 g/mol. The van der Waals surface area contributed by atoms with E-state index < -0.39 is 0 Å². The molecule has 1 amide bonds. The van der Waals surface area contributed by atoms with Gasteiger partial charge in [-0.1, -0.05) is 43.1 Å². The lowest BCUT2D eigenvalue weighted by Crippen LogP contribution is -2.42. The van der Waals surface area contributed by atoms with Crippen molar-refractivity contribution in [1.82, 2.24) is 16.0 Å². The van der Waals surface area contributed by atoms with E-state index in [4.69, 9.17) is 23.2 Å². The zero-order valence-corrected chi connectivity index (χ0v) is 15.4. The second-order valence-corrected chi connectivity index (χ2v) is 6.32. The molecule has 0 bridgehead atoms. The van der Waals surface area contributed by atoms with Crippen LogP contribution in [0.25, 0.3) is 0 Å². The van der Waals surface area contributed by atoms with Gasteiger partial charge in [0.15, 0.2) is 5.96 Å². The summed E-state index contributed by atoms with van der Waals surface area (Å²) in [5.41, 5.74) is 0.937. The van der Waals surface area contributed by atoms with Gasteiger partial charge in [-0.3, -0.25) is 9.79 Å². The van der Waals surface area contributed by atoms with Crippen molar-refractivity contribution >= 4 is 35.1 Å². The minimum Gasteiger partial charge on any atom is -0.355 e. The van der Waals surface area contributed by atoms with Crippen LogP contribution < -0.4 is 16.0 Å². The first kappa shape index (κ1) is 19.6. The predicted molar refractivity (Wildman–Crippen MR) is 97.2 cm³/mol. The third-order valence-electron chi connectivity index (χ3n) is 3.25. The van der Waals surface area contributed by atoms with Gasteiger partial charge in [0.1, 0.15) is 0 Å². The van der Waals surface area contributed by atoms with Crippen molar-refractivity contribution in [3.63, 3.8) is 0 Å². The van der Waals surface area contributed by atoms with Crippen LogP contribution >= 0.6 is 23.2 Å². The zero-order valence-electron chi connectivity index (χ0n) is 13.9. The second-order valence-electron chi connectivity index (χ2n) is 5.48. The van der Waals surface area contributed by atoms with Crippen LogP contribution in [0, 0.1) is 5.92 Å². The average Bonchev–Trinajstić information content (AvgIpc) is 2.49. The van der Waals surface area contributed by atoms with E-state index in [-0.39, 0.29) is 17.9 Å². The van der Waals surface area contributed by atoms with Crippen molar-refractivity contribution in [3.05, 3.63) is 33.8 Å². The van der Waals surface area contributed by atoms with E-state index in [0.29, 0.717) is 29.1 Å². The largest absolute Gasteiger partial charge is 0.355 e. The molecule has 23 heavy (non-hydrogen) atoms. The Labute approximate surface area is 147 Å². The Balaban J connectivity index is 2.48. The van der Waals surface area contributed by atoms with Crippen LogP contribution in [0.2, 0.25) is 10.0 Å². The monoisotopic (exact) mass is 358 g/mol. The highest BCUT2D eigenvalue weighted by Crippen LogP contribution is 2.25. The summed E-state index contributed by atoms with van der Waals surface area (Å²) in [6, 6.07) is 5.38. The SMILES string of the molecule is CN=C(NCCNC(=O)C(C)C)NC(C)c1ccc(Cl)cc1Cl. The molecule has 0 aliphatic rings. The summed E-state index contributed by atoms with van der Waals surface area (Å²) in [4.78, 5) is 15.6. The maximum Gasteiger partial charge on any atom is 0.222 e. The molecular formula is C16H24Cl2N4O. The number of carbonyl (C=O) groups excluding carboxylic acids is 1. The van der Waals surface area contributed by atoms with Gasteiger partial charge in [-0.25, -0.2) is 0 Å². The van der Waals surface area contributed by atoms with Crippen LogP contribution in [0.15, 0.2) is 23.2 Å². The molecule has 0 radical (unpaired) electrons. The quantitative estimate of drug-likeness (QED) is 0.416. The van der Waals surface area contributed by atoms with Gasteiger partial charge >= 0.3 is 0 Å². The number of halogens is 2. The Bertz CT molecular complexity index is 561. The normalized spacial score (nSPS) is 12.9. The van der Waals surface area contributed by atoms with Crippen LogP contribution in [0.1, 0.15) is 32.4 Å². The van der Waals surface area contributed by atoms with E-state index in [1.807, 2.05) is 26.8 Å². The number of carbonyl (C=O) groups is 1. The van der Waals surface area contributed by atoms with Crippen LogP contribution in [0.5, 0.6) is 0 Å². The lowest BCUT2D eigenvalue weighted by molar-refractivity contribution is -0.123. The number of guanidine groups is 1. The van der Waals surface area contributed by atoms with Crippen LogP contribution in [-0.4, -0.2) is 32.0 Å². The molecule has 0 spiro atoms. The maximum absolute atomic E-state index is 11.5. The summed E-state index contributed by atoms with van der Waals surface area (Å²) in [6.45, 7) is 6.83. The summed E-state index contributed by atoms with van der Waals surface area (Å²) in [7, 11) is 1.69. The van der Waals surface area contributed by atoms with E-state index in [2.05, 4.69) is 20.9 Å². The third-order valence-corrected chi connectivity index (χ3v) is 3.81. The molecule has 1 unspecified atom stereocenters. The minimum absolute atomic E-state index is 0.0143. The van der Waals surface area contributed by atoms with Crippen molar-refractivity contribution in [2.24, 2.45) is 10.9 Å². The first-order valence-electron chi connectivity index (χ1n) is 7.55. The van der Waals surface area contributed by atoms with E-state index in [1.54, 1.807) is 19.2 Å². The van der Waals surface area contributed by atoms with E-state index in [1.165, 1.54) is 0 Å². The topological polar surface area (TPSA) is 65.5 Å². The molecule has 0 aromatic heterocycles. The Kier molecular flexibility index (Phi) is 8.20. The highest BCUT2D eigenvalue weighted by atomic mass is 35.5. The van der Waals surface area contributed by atoms with Crippen LogP contribution in [-0.2, 0) is 4.79 Å². The smallest absolute Gasteiger partial charge is 0.222 e. The summed E-state index contributed by atoms with van der Waals surface area (Å²) in [6.07, 6.45) is 0. The number of hydrogen-bond acceptors (Lipinski definition) is 2. The fourth-order valence-corrected chi connectivity index (χ4v) is 2.47. The molecular weight excluding hydrogens is 335 g/mol. The van der Waals surface area contributed by atoms with Crippen LogP contribution in [0.4, 0.5) is 0 Å². The van der Waals surface area contributed by atoms with Gasteiger partial charge in [0.05, 0.1) is 6.04 Å². The predicted octanol–water partition coefficient (Wildman–Crippen LogP) is 2.99. The van der Waals surface area contributed by atoms with Crippen molar-refractivity contribution in [3.8, 4) is 0 Å². The molecule has 7 heteroatoms. The Morgan fingerprint density at radius 1 is 1.17 bits per heavy atom. The van der Waals surface area contributed by atoms with Crippen LogP contribution in [0.3, 0.4) is 0 Å². The van der Waals surface area contributed by atoms with E-state index in [0.717, 1.165) is 5.56 Å². The van der Waals surface area contributed by atoms with Gasteiger partial charge in [0.2, 0.25) is 5.91 Å². The zero-order chi connectivity index (χ0) is 17.4. The van der Waals surface area contributed by atoms with Crippen molar-refractivity contribution < 1.29 is 4.79 Å². The number of nitrogens with zero attached hydrogens (tertiary/aromatic N) is 1. The molecule has 0 saturated heterocycles. The van der Waals surface area contributed by atoms with Gasteiger partial charge in [0, 0.05) is 36.1 Å². The fraction of sp³-hybridized carbons (Fsp3) is 0.500. The van der Waals surface area contributed by atoms with Gasteiger partial charge in [-0.15, -0.1) is 0 Å². The number of nitrogens with one attached hydrogen (secondary N) is 3. The van der Waals surface area contributed by atoms with Gasteiger partial charge in [-0.05, 0) is 24.6 Å². The molecule has 0 fully saturated rings. The first-order chi connectivity index (χ1) is 10.8. The second kappa shape index (κ2) is 9.63. The number of benzene rings is 1. The van der Waals surface area contributed by atoms with E-state index in [9.17, 15) is 4.79 Å². The molecule has 1 rings (SSSR count). The maximum atomic E-state index is 11.5. The highest BCUT2D eigenvalue weighted by molar-refractivity contribution is 6.35. The minimum atomic E-state index is -0.0313. The fourth-order valence-electron chi connectivity index (χ4n) is 1.90. The highest BCUT2D eigenvalue weighted by Gasteiger charge is 2.12. The number of rotatable bonds is 6. The Hall–Kier alpha value is -1.46. The Morgan fingerprint density at radius 3 is 2.39 bits per heavy atom. The molecule has 1 aromatic rings. The molecule has 1 aromatic carbocycles.